The fourth-order valence-corrected chi connectivity index (χ4v) is 0.726. The summed E-state index contributed by atoms with van der Waals surface area (Å²) < 4.78 is 0. The first-order valence-corrected chi connectivity index (χ1v) is 4.02. The molecule has 0 aromatic carbocycles. The lowest BCUT2D eigenvalue weighted by Crippen LogP contribution is -2.05. The molecule has 1 N–H and O–H groups in total. The highest BCUT2D eigenvalue weighted by atomic mass is 16.3. The largest absolute Gasteiger partial charge is 0.388 e. The summed E-state index contributed by atoms with van der Waals surface area (Å²) in [6.45, 7) is 7.97. The third kappa shape index (κ3) is 4.79. The van der Waals surface area contributed by atoms with Crippen LogP contribution >= 0.6 is 0 Å². The molecule has 1 heteroatoms. The van der Waals surface area contributed by atoms with Crippen molar-refractivity contribution >= 4 is 0 Å². The maximum Gasteiger partial charge on any atom is 0.0781 e. The molecule has 0 aromatic rings. The van der Waals surface area contributed by atoms with Gasteiger partial charge in [0.05, 0.1) is 6.10 Å². The molecule has 0 heterocycles. The Balaban J connectivity index is 3.88. The van der Waals surface area contributed by atoms with Crippen LogP contribution in [-0.2, 0) is 0 Å². The van der Waals surface area contributed by atoms with Gasteiger partial charge in [-0.25, -0.2) is 0 Å². The Bertz CT molecular complexity index is 162. The van der Waals surface area contributed by atoms with E-state index in [9.17, 15) is 5.11 Å². The Kier molecular flexibility index (Phi) is 4.88. The summed E-state index contributed by atoms with van der Waals surface area (Å²) >= 11 is 0. The molecule has 1 atom stereocenters. The molecule has 0 saturated carbocycles. The Hall–Kier alpha value is -0.560. The summed E-state index contributed by atoms with van der Waals surface area (Å²) in [5.41, 5.74) is 2.30. The van der Waals surface area contributed by atoms with E-state index in [0.717, 1.165) is 12.0 Å². The van der Waals surface area contributed by atoms with Crippen molar-refractivity contribution in [3.05, 3.63) is 23.3 Å². The Morgan fingerprint density at radius 1 is 1.36 bits per heavy atom. The van der Waals surface area contributed by atoms with Crippen LogP contribution in [0.25, 0.3) is 0 Å². The van der Waals surface area contributed by atoms with E-state index in [1.54, 1.807) is 0 Å². The second kappa shape index (κ2) is 5.14. The van der Waals surface area contributed by atoms with Crippen LogP contribution in [0.4, 0.5) is 0 Å². The first-order chi connectivity index (χ1) is 5.07. The van der Waals surface area contributed by atoms with E-state index in [1.807, 2.05) is 33.8 Å². The van der Waals surface area contributed by atoms with E-state index < -0.39 is 0 Å². The van der Waals surface area contributed by atoms with Crippen molar-refractivity contribution in [2.24, 2.45) is 0 Å². The molecular weight excluding hydrogens is 136 g/mol. The van der Waals surface area contributed by atoms with E-state index in [1.165, 1.54) is 5.57 Å². The van der Waals surface area contributed by atoms with Gasteiger partial charge < -0.3 is 5.11 Å². The zero-order valence-corrected chi connectivity index (χ0v) is 7.89. The minimum atomic E-state index is -0.296. The van der Waals surface area contributed by atoms with Gasteiger partial charge in [-0.3, -0.25) is 0 Å². The van der Waals surface area contributed by atoms with Gasteiger partial charge in [-0.05, 0) is 39.7 Å². The Morgan fingerprint density at radius 2 is 1.91 bits per heavy atom. The van der Waals surface area contributed by atoms with Gasteiger partial charge in [-0.15, -0.1) is 0 Å². The molecule has 0 spiro atoms. The highest BCUT2D eigenvalue weighted by Gasteiger charge is 2.01. The number of aliphatic hydroxyl groups is 1. The number of allylic oxidation sites excluding steroid dienone is 2. The summed E-state index contributed by atoms with van der Waals surface area (Å²) in [5.74, 6) is 0. The van der Waals surface area contributed by atoms with Gasteiger partial charge in [0.25, 0.3) is 0 Å². The van der Waals surface area contributed by atoms with Gasteiger partial charge in [0.2, 0.25) is 0 Å². The molecule has 0 aromatic heterocycles. The minimum absolute atomic E-state index is 0.296. The normalized spacial score (nSPS) is 14.5. The number of hydrogen-bond acceptors (Lipinski definition) is 1. The Labute approximate surface area is 69.4 Å². The average molecular weight is 154 g/mol. The van der Waals surface area contributed by atoms with Crippen LogP contribution < -0.4 is 0 Å². The third-order valence-corrected chi connectivity index (χ3v) is 1.73. The van der Waals surface area contributed by atoms with Crippen molar-refractivity contribution in [3.8, 4) is 0 Å². The summed E-state index contributed by atoms with van der Waals surface area (Å²) in [6.07, 6.45) is 4.44. The van der Waals surface area contributed by atoms with Gasteiger partial charge in [0.1, 0.15) is 0 Å². The molecule has 0 bridgehead atoms. The van der Waals surface area contributed by atoms with Crippen LogP contribution in [0.1, 0.15) is 34.1 Å². The SMILES string of the molecule is C/C=C(\C)C(O)CC=C(C)C. The van der Waals surface area contributed by atoms with E-state index in [-0.39, 0.29) is 6.10 Å². The summed E-state index contributed by atoms with van der Waals surface area (Å²) in [4.78, 5) is 0. The summed E-state index contributed by atoms with van der Waals surface area (Å²) in [7, 11) is 0. The highest BCUT2D eigenvalue weighted by Crippen LogP contribution is 2.07. The zero-order chi connectivity index (χ0) is 8.85. The molecule has 11 heavy (non-hydrogen) atoms. The number of aliphatic hydroxyl groups excluding tert-OH is 1. The second-order valence-corrected chi connectivity index (χ2v) is 3.07. The van der Waals surface area contributed by atoms with Crippen molar-refractivity contribution < 1.29 is 5.11 Å². The van der Waals surface area contributed by atoms with Crippen molar-refractivity contribution in [2.45, 2.75) is 40.2 Å². The molecule has 0 aliphatic heterocycles. The fraction of sp³-hybridized carbons (Fsp3) is 0.600. The van der Waals surface area contributed by atoms with Gasteiger partial charge in [0, 0.05) is 0 Å². The first kappa shape index (κ1) is 10.4. The lowest BCUT2D eigenvalue weighted by Gasteiger charge is -2.07. The molecule has 0 aliphatic rings. The van der Waals surface area contributed by atoms with Crippen molar-refractivity contribution in [2.75, 3.05) is 0 Å². The van der Waals surface area contributed by atoms with Gasteiger partial charge in [-0.1, -0.05) is 17.7 Å². The molecule has 1 unspecified atom stereocenters. The van der Waals surface area contributed by atoms with Crippen LogP contribution in [0.5, 0.6) is 0 Å². The quantitative estimate of drug-likeness (QED) is 0.620. The maximum absolute atomic E-state index is 9.45. The van der Waals surface area contributed by atoms with E-state index in [4.69, 9.17) is 0 Å². The molecule has 0 fully saturated rings. The number of rotatable bonds is 3. The van der Waals surface area contributed by atoms with E-state index in [2.05, 4.69) is 6.08 Å². The van der Waals surface area contributed by atoms with Crippen LogP contribution in [0.15, 0.2) is 23.3 Å². The van der Waals surface area contributed by atoms with Crippen molar-refractivity contribution in [1.82, 2.24) is 0 Å². The number of hydrogen-bond donors (Lipinski definition) is 1. The molecular formula is C10H18O. The molecule has 0 saturated heterocycles. The second-order valence-electron chi connectivity index (χ2n) is 3.07. The van der Waals surface area contributed by atoms with Crippen LogP contribution in [-0.4, -0.2) is 11.2 Å². The summed E-state index contributed by atoms with van der Waals surface area (Å²) in [5, 5.41) is 9.45. The van der Waals surface area contributed by atoms with Gasteiger partial charge in [-0.2, -0.15) is 0 Å². The van der Waals surface area contributed by atoms with E-state index in [0.29, 0.717) is 0 Å². The molecule has 1 nitrogen and oxygen atoms in total. The minimum Gasteiger partial charge on any atom is -0.388 e. The topological polar surface area (TPSA) is 20.2 Å². The zero-order valence-electron chi connectivity index (χ0n) is 7.89. The van der Waals surface area contributed by atoms with Gasteiger partial charge in [0.15, 0.2) is 0 Å². The molecule has 64 valence electrons. The van der Waals surface area contributed by atoms with Crippen LogP contribution in [0.2, 0.25) is 0 Å². The highest BCUT2D eigenvalue weighted by molar-refractivity contribution is 5.06. The first-order valence-electron chi connectivity index (χ1n) is 4.02. The van der Waals surface area contributed by atoms with Gasteiger partial charge >= 0.3 is 0 Å². The fourth-order valence-electron chi connectivity index (χ4n) is 0.726. The molecule has 0 radical (unpaired) electrons. The average Bonchev–Trinajstić information content (AvgIpc) is 1.98. The summed E-state index contributed by atoms with van der Waals surface area (Å²) in [6, 6.07) is 0. The Morgan fingerprint density at radius 3 is 2.27 bits per heavy atom. The third-order valence-electron chi connectivity index (χ3n) is 1.73. The van der Waals surface area contributed by atoms with Crippen LogP contribution in [0, 0.1) is 0 Å². The van der Waals surface area contributed by atoms with E-state index >= 15 is 0 Å². The lowest BCUT2D eigenvalue weighted by atomic mass is 10.1. The molecule has 0 rings (SSSR count). The monoisotopic (exact) mass is 154 g/mol. The van der Waals surface area contributed by atoms with Crippen LogP contribution in [0.3, 0.4) is 0 Å². The molecule has 0 amide bonds. The predicted molar refractivity (Wildman–Crippen MR) is 49.5 cm³/mol. The predicted octanol–water partition coefficient (Wildman–Crippen LogP) is 2.67. The van der Waals surface area contributed by atoms with Crippen molar-refractivity contribution in [1.29, 1.82) is 0 Å². The molecule has 0 aliphatic carbocycles. The lowest BCUT2D eigenvalue weighted by molar-refractivity contribution is 0.214. The van der Waals surface area contributed by atoms with Crippen molar-refractivity contribution in [3.63, 3.8) is 0 Å². The smallest absolute Gasteiger partial charge is 0.0781 e. The standard InChI is InChI=1S/C10H18O/c1-5-9(4)10(11)7-6-8(2)3/h5-6,10-11H,7H2,1-4H3/b9-5+. The maximum atomic E-state index is 9.45.